The molecule has 3 heteroatoms. The van der Waals surface area contributed by atoms with Gasteiger partial charge in [0.2, 0.25) is 0 Å². The van der Waals surface area contributed by atoms with Gasteiger partial charge in [0, 0.05) is 0 Å². The molecule has 0 fully saturated rings. The van der Waals surface area contributed by atoms with E-state index in [9.17, 15) is 10.2 Å². The molecule has 3 nitrogen and oxygen atoms in total. The summed E-state index contributed by atoms with van der Waals surface area (Å²) in [5, 5.41) is 21.5. The largest absolute Gasteiger partial charge is 0.394 e. The maximum absolute atomic E-state index is 9.28. The Labute approximate surface area is 97.1 Å². The van der Waals surface area contributed by atoms with Crippen LogP contribution in [-0.4, -0.2) is 36.0 Å². The Bertz CT molecular complexity index is 296. The second kappa shape index (κ2) is 5.99. The lowest BCUT2D eigenvalue weighted by Gasteiger charge is -2.29. The SMILES string of the molecule is CNC(CO)(CO)CCc1ccc(C)cc1. The number of aliphatic hydroxyl groups excluding tert-OH is 2. The Morgan fingerprint density at radius 1 is 1.12 bits per heavy atom. The van der Waals surface area contributed by atoms with Crippen LogP contribution in [0.25, 0.3) is 0 Å². The van der Waals surface area contributed by atoms with Gasteiger partial charge in [0.1, 0.15) is 0 Å². The van der Waals surface area contributed by atoms with Crippen molar-refractivity contribution in [3.8, 4) is 0 Å². The van der Waals surface area contributed by atoms with E-state index in [0.717, 1.165) is 12.8 Å². The fourth-order valence-corrected chi connectivity index (χ4v) is 1.63. The number of rotatable bonds is 6. The molecule has 0 bridgehead atoms. The summed E-state index contributed by atoms with van der Waals surface area (Å²) in [6.07, 6.45) is 1.57. The minimum absolute atomic E-state index is 0.0497. The summed E-state index contributed by atoms with van der Waals surface area (Å²) < 4.78 is 0. The first-order valence-electron chi connectivity index (χ1n) is 5.62. The van der Waals surface area contributed by atoms with Gasteiger partial charge in [-0.25, -0.2) is 0 Å². The van der Waals surface area contributed by atoms with Crippen LogP contribution in [-0.2, 0) is 6.42 Å². The minimum atomic E-state index is -0.565. The Kier molecular flexibility index (Phi) is 4.93. The predicted octanol–water partition coefficient (Wildman–Crippen LogP) is 0.870. The zero-order valence-corrected chi connectivity index (χ0v) is 10.0. The van der Waals surface area contributed by atoms with Crippen LogP contribution in [0.2, 0.25) is 0 Å². The number of aliphatic hydroxyl groups is 2. The zero-order chi connectivity index (χ0) is 12.0. The summed E-state index contributed by atoms with van der Waals surface area (Å²) in [4.78, 5) is 0. The molecule has 0 aliphatic heterocycles. The molecule has 0 unspecified atom stereocenters. The smallest absolute Gasteiger partial charge is 0.0648 e. The summed E-state index contributed by atoms with van der Waals surface area (Å²) in [6.45, 7) is 1.96. The third-order valence-corrected chi connectivity index (χ3v) is 3.15. The molecule has 0 saturated carbocycles. The molecule has 0 saturated heterocycles. The number of benzene rings is 1. The van der Waals surface area contributed by atoms with Gasteiger partial charge in [0.15, 0.2) is 0 Å². The molecule has 0 aromatic heterocycles. The average Bonchev–Trinajstić information content (AvgIpc) is 2.34. The van der Waals surface area contributed by atoms with Crippen molar-refractivity contribution in [1.29, 1.82) is 0 Å². The van der Waals surface area contributed by atoms with Crippen LogP contribution in [0.1, 0.15) is 17.5 Å². The molecule has 16 heavy (non-hydrogen) atoms. The highest BCUT2D eigenvalue weighted by atomic mass is 16.3. The van der Waals surface area contributed by atoms with Crippen molar-refractivity contribution in [2.75, 3.05) is 20.3 Å². The molecule has 0 heterocycles. The van der Waals surface area contributed by atoms with Crippen LogP contribution >= 0.6 is 0 Å². The second-order valence-electron chi connectivity index (χ2n) is 4.33. The van der Waals surface area contributed by atoms with E-state index in [1.807, 2.05) is 0 Å². The lowest BCUT2D eigenvalue weighted by molar-refractivity contribution is 0.0906. The van der Waals surface area contributed by atoms with Crippen molar-refractivity contribution in [3.05, 3.63) is 35.4 Å². The van der Waals surface area contributed by atoms with E-state index in [-0.39, 0.29) is 13.2 Å². The van der Waals surface area contributed by atoms with Crippen molar-refractivity contribution >= 4 is 0 Å². The Hall–Kier alpha value is -0.900. The van der Waals surface area contributed by atoms with Gasteiger partial charge in [0.25, 0.3) is 0 Å². The number of nitrogens with one attached hydrogen (secondary N) is 1. The molecule has 0 atom stereocenters. The number of hydrogen-bond donors (Lipinski definition) is 3. The van der Waals surface area contributed by atoms with Gasteiger partial charge < -0.3 is 15.5 Å². The first kappa shape index (κ1) is 13.2. The molecule has 1 rings (SSSR count). The van der Waals surface area contributed by atoms with Crippen molar-refractivity contribution in [2.45, 2.75) is 25.3 Å². The van der Waals surface area contributed by atoms with E-state index in [4.69, 9.17) is 0 Å². The van der Waals surface area contributed by atoms with Crippen molar-refractivity contribution in [1.82, 2.24) is 5.32 Å². The Morgan fingerprint density at radius 3 is 2.12 bits per heavy atom. The van der Waals surface area contributed by atoms with E-state index in [0.29, 0.717) is 0 Å². The number of hydrogen-bond acceptors (Lipinski definition) is 3. The standard InChI is InChI=1S/C13H21NO2/c1-11-3-5-12(6-4-11)7-8-13(9-15,10-16)14-2/h3-6,14-16H,7-10H2,1-2H3. The van der Waals surface area contributed by atoms with Crippen molar-refractivity contribution < 1.29 is 10.2 Å². The molecule has 1 aromatic rings. The lowest BCUT2D eigenvalue weighted by atomic mass is 9.93. The number of aryl methyl sites for hydroxylation is 2. The van der Waals surface area contributed by atoms with Gasteiger partial charge in [-0.1, -0.05) is 29.8 Å². The Balaban J connectivity index is 2.58. The highest BCUT2D eigenvalue weighted by Gasteiger charge is 2.25. The minimum Gasteiger partial charge on any atom is -0.394 e. The van der Waals surface area contributed by atoms with Crippen LogP contribution in [0, 0.1) is 6.92 Å². The molecule has 0 radical (unpaired) electrons. The quantitative estimate of drug-likeness (QED) is 0.671. The zero-order valence-electron chi connectivity index (χ0n) is 10.0. The molecular weight excluding hydrogens is 202 g/mol. The third kappa shape index (κ3) is 3.30. The van der Waals surface area contributed by atoms with Gasteiger partial charge >= 0.3 is 0 Å². The average molecular weight is 223 g/mol. The van der Waals surface area contributed by atoms with Gasteiger partial charge in [0.05, 0.1) is 18.8 Å². The summed E-state index contributed by atoms with van der Waals surface area (Å²) in [5.74, 6) is 0. The van der Waals surface area contributed by atoms with Gasteiger partial charge in [-0.3, -0.25) is 0 Å². The summed E-state index contributed by atoms with van der Waals surface area (Å²) in [7, 11) is 1.77. The van der Waals surface area contributed by atoms with E-state index in [1.165, 1.54) is 11.1 Å². The third-order valence-electron chi connectivity index (χ3n) is 3.15. The monoisotopic (exact) mass is 223 g/mol. The molecule has 0 aliphatic carbocycles. The molecule has 0 aliphatic rings. The summed E-state index contributed by atoms with van der Waals surface area (Å²) in [6, 6.07) is 8.33. The molecule has 3 N–H and O–H groups in total. The molecular formula is C13H21NO2. The fourth-order valence-electron chi connectivity index (χ4n) is 1.63. The van der Waals surface area contributed by atoms with Gasteiger partial charge in [-0.05, 0) is 32.4 Å². The van der Waals surface area contributed by atoms with Gasteiger partial charge in [-0.15, -0.1) is 0 Å². The van der Waals surface area contributed by atoms with Crippen LogP contribution in [0.5, 0.6) is 0 Å². The lowest BCUT2D eigenvalue weighted by Crippen LogP contribution is -2.50. The molecule has 1 aromatic carbocycles. The van der Waals surface area contributed by atoms with Gasteiger partial charge in [-0.2, -0.15) is 0 Å². The van der Waals surface area contributed by atoms with Crippen molar-refractivity contribution in [3.63, 3.8) is 0 Å². The molecule has 0 amide bonds. The summed E-state index contributed by atoms with van der Waals surface area (Å²) in [5.41, 5.74) is 1.91. The first-order chi connectivity index (χ1) is 7.65. The van der Waals surface area contributed by atoms with E-state index in [2.05, 4.69) is 36.5 Å². The van der Waals surface area contributed by atoms with Crippen LogP contribution < -0.4 is 5.32 Å². The predicted molar refractivity (Wildman–Crippen MR) is 65.5 cm³/mol. The first-order valence-corrected chi connectivity index (χ1v) is 5.62. The summed E-state index contributed by atoms with van der Waals surface area (Å²) >= 11 is 0. The highest BCUT2D eigenvalue weighted by molar-refractivity contribution is 5.21. The van der Waals surface area contributed by atoms with E-state index >= 15 is 0 Å². The van der Waals surface area contributed by atoms with Crippen LogP contribution in [0.3, 0.4) is 0 Å². The number of likely N-dealkylation sites (N-methyl/N-ethyl adjacent to an activating group) is 1. The van der Waals surface area contributed by atoms with Crippen LogP contribution in [0.4, 0.5) is 0 Å². The fraction of sp³-hybridized carbons (Fsp3) is 0.538. The molecule has 0 spiro atoms. The second-order valence-corrected chi connectivity index (χ2v) is 4.33. The highest BCUT2D eigenvalue weighted by Crippen LogP contribution is 2.14. The van der Waals surface area contributed by atoms with Crippen LogP contribution in [0.15, 0.2) is 24.3 Å². The van der Waals surface area contributed by atoms with E-state index < -0.39 is 5.54 Å². The maximum atomic E-state index is 9.28. The topological polar surface area (TPSA) is 52.5 Å². The molecule has 90 valence electrons. The van der Waals surface area contributed by atoms with Crippen molar-refractivity contribution in [2.24, 2.45) is 0 Å². The van der Waals surface area contributed by atoms with E-state index in [1.54, 1.807) is 7.05 Å². The maximum Gasteiger partial charge on any atom is 0.0648 e. The normalized spacial score (nSPS) is 11.8. The Morgan fingerprint density at radius 2 is 1.69 bits per heavy atom.